The predicted octanol–water partition coefficient (Wildman–Crippen LogP) is 3.70. The Morgan fingerprint density at radius 2 is 2.21 bits per heavy atom. The smallest absolute Gasteiger partial charge is 0.119 e. The molecule has 2 rings (SSSR count). The summed E-state index contributed by atoms with van der Waals surface area (Å²) in [5.41, 5.74) is 2.36. The fourth-order valence-electron chi connectivity index (χ4n) is 1.83. The van der Waals surface area contributed by atoms with Crippen LogP contribution in [0.5, 0.6) is 5.75 Å². The molecule has 1 aromatic carbocycles. The minimum atomic E-state index is 0.256. The molecular weight excluding hydrogens is 304 g/mol. The first-order valence-electron chi connectivity index (χ1n) is 6.16. The van der Waals surface area contributed by atoms with Gasteiger partial charge in [-0.15, -0.1) is 0 Å². The van der Waals surface area contributed by atoms with Crippen molar-refractivity contribution in [1.82, 2.24) is 10.3 Å². The molecule has 1 heterocycles. The molecule has 0 radical (unpaired) electrons. The van der Waals surface area contributed by atoms with Crippen LogP contribution in [0.1, 0.15) is 24.1 Å². The molecule has 0 saturated heterocycles. The average Bonchev–Trinajstić information content (AvgIpc) is 2.47. The molecule has 0 fully saturated rings. The van der Waals surface area contributed by atoms with Gasteiger partial charge in [0.2, 0.25) is 0 Å². The van der Waals surface area contributed by atoms with Crippen LogP contribution in [-0.4, -0.2) is 12.1 Å². The van der Waals surface area contributed by atoms with Crippen LogP contribution in [0.25, 0.3) is 0 Å². The lowest BCUT2D eigenvalue weighted by Gasteiger charge is -2.15. The lowest BCUT2D eigenvalue weighted by Crippen LogP contribution is -2.18. The van der Waals surface area contributed by atoms with Crippen LogP contribution in [0.3, 0.4) is 0 Å². The van der Waals surface area contributed by atoms with Crippen molar-refractivity contribution in [2.24, 2.45) is 0 Å². The molecule has 0 amide bonds. The second-order valence-corrected chi connectivity index (χ2v) is 5.20. The summed E-state index contributed by atoms with van der Waals surface area (Å²) in [4.78, 5) is 4.14. The standard InChI is InChI=1S/C15H17BrN2O/c1-11(12-4-3-7-17-9-12)18-10-13-8-14(19-2)5-6-15(13)16/h3-9,11,18H,10H2,1-2H3/t11-/m1/s1. The van der Waals surface area contributed by atoms with Crippen LogP contribution in [-0.2, 0) is 6.54 Å². The van der Waals surface area contributed by atoms with Gasteiger partial charge >= 0.3 is 0 Å². The second kappa shape index (κ2) is 6.68. The van der Waals surface area contributed by atoms with E-state index in [1.807, 2.05) is 30.5 Å². The first kappa shape index (κ1) is 14.0. The van der Waals surface area contributed by atoms with Gasteiger partial charge in [-0.05, 0) is 42.3 Å². The number of benzene rings is 1. The summed E-state index contributed by atoms with van der Waals surface area (Å²) in [5, 5.41) is 3.48. The monoisotopic (exact) mass is 320 g/mol. The van der Waals surface area contributed by atoms with E-state index in [0.717, 1.165) is 16.8 Å². The van der Waals surface area contributed by atoms with E-state index in [1.165, 1.54) is 11.1 Å². The zero-order valence-corrected chi connectivity index (χ0v) is 12.6. The summed E-state index contributed by atoms with van der Waals surface area (Å²) in [6, 6.07) is 10.3. The van der Waals surface area contributed by atoms with Crippen molar-refractivity contribution < 1.29 is 4.74 Å². The van der Waals surface area contributed by atoms with E-state index < -0.39 is 0 Å². The van der Waals surface area contributed by atoms with Crippen LogP contribution < -0.4 is 10.1 Å². The Morgan fingerprint density at radius 3 is 2.89 bits per heavy atom. The van der Waals surface area contributed by atoms with Gasteiger partial charge in [-0.2, -0.15) is 0 Å². The SMILES string of the molecule is COc1ccc(Br)c(CN[C@H](C)c2cccnc2)c1. The van der Waals surface area contributed by atoms with E-state index in [0.29, 0.717) is 0 Å². The molecular formula is C15H17BrN2O. The topological polar surface area (TPSA) is 34.1 Å². The van der Waals surface area contributed by atoms with Gasteiger partial charge in [0.1, 0.15) is 5.75 Å². The Bertz CT molecular complexity index is 531. The van der Waals surface area contributed by atoms with Gasteiger partial charge < -0.3 is 10.1 Å². The molecule has 0 aliphatic heterocycles. The molecule has 3 nitrogen and oxygen atoms in total. The average molecular weight is 321 g/mol. The second-order valence-electron chi connectivity index (χ2n) is 4.35. The van der Waals surface area contributed by atoms with Gasteiger partial charge in [-0.25, -0.2) is 0 Å². The zero-order chi connectivity index (χ0) is 13.7. The molecule has 19 heavy (non-hydrogen) atoms. The number of pyridine rings is 1. The highest BCUT2D eigenvalue weighted by Gasteiger charge is 2.07. The number of hydrogen-bond acceptors (Lipinski definition) is 3. The maximum Gasteiger partial charge on any atom is 0.119 e. The molecule has 0 spiro atoms. The highest BCUT2D eigenvalue weighted by molar-refractivity contribution is 9.10. The Kier molecular flexibility index (Phi) is 4.93. The van der Waals surface area contributed by atoms with E-state index in [4.69, 9.17) is 4.74 Å². The molecule has 0 unspecified atom stereocenters. The van der Waals surface area contributed by atoms with Crippen molar-refractivity contribution in [3.8, 4) is 5.75 Å². The number of rotatable bonds is 5. The number of halogens is 1. The quantitative estimate of drug-likeness (QED) is 0.912. The van der Waals surface area contributed by atoms with Crippen molar-refractivity contribution in [2.45, 2.75) is 19.5 Å². The fraction of sp³-hybridized carbons (Fsp3) is 0.267. The van der Waals surface area contributed by atoms with Crippen molar-refractivity contribution in [3.05, 3.63) is 58.3 Å². The zero-order valence-electron chi connectivity index (χ0n) is 11.1. The molecule has 0 aliphatic rings. The lowest BCUT2D eigenvalue weighted by atomic mass is 10.1. The van der Waals surface area contributed by atoms with Gasteiger partial charge in [0.15, 0.2) is 0 Å². The number of aromatic nitrogens is 1. The summed E-state index contributed by atoms with van der Waals surface area (Å²) in [7, 11) is 1.68. The van der Waals surface area contributed by atoms with Gasteiger partial charge in [0.25, 0.3) is 0 Å². The maximum atomic E-state index is 5.24. The Balaban J connectivity index is 2.02. The number of ether oxygens (including phenoxy) is 1. The first-order valence-corrected chi connectivity index (χ1v) is 6.95. The van der Waals surface area contributed by atoms with Crippen molar-refractivity contribution in [2.75, 3.05) is 7.11 Å². The van der Waals surface area contributed by atoms with Crippen LogP contribution in [0.2, 0.25) is 0 Å². The molecule has 0 saturated carbocycles. The third-order valence-electron chi connectivity index (χ3n) is 3.04. The van der Waals surface area contributed by atoms with Gasteiger partial charge in [-0.1, -0.05) is 22.0 Å². The first-order chi connectivity index (χ1) is 9.20. The van der Waals surface area contributed by atoms with Crippen molar-refractivity contribution in [3.63, 3.8) is 0 Å². The Hall–Kier alpha value is -1.39. The van der Waals surface area contributed by atoms with Crippen molar-refractivity contribution in [1.29, 1.82) is 0 Å². The number of nitrogens with zero attached hydrogens (tertiary/aromatic N) is 1. The summed E-state index contributed by atoms with van der Waals surface area (Å²) >= 11 is 3.56. The summed E-state index contributed by atoms with van der Waals surface area (Å²) in [6.45, 7) is 2.90. The highest BCUT2D eigenvalue weighted by atomic mass is 79.9. The lowest BCUT2D eigenvalue weighted by molar-refractivity contribution is 0.413. The van der Waals surface area contributed by atoms with E-state index >= 15 is 0 Å². The normalized spacial score (nSPS) is 12.2. The summed E-state index contributed by atoms with van der Waals surface area (Å²) < 4.78 is 6.33. The largest absolute Gasteiger partial charge is 0.497 e. The van der Waals surface area contributed by atoms with E-state index in [2.05, 4.69) is 39.2 Å². The summed E-state index contributed by atoms with van der Waals surface area (Å²) in [6.07, 6.45) is 3.67. The van der Waals surface area contributed by atoms with Crippen LogP contribution in [0, 0.1) is 0 Å². The van der Waals surface area contributed by atoms with Gasteiger partial charge in [0, 0.05) is 29.5 Å². The van der Waals surface area contributed by atoms with Crippen LogP contribution in [0.15, 0.2) is 47.2 Å². The Morgan fingerprint density at radius 1 is 1.37 bits per heavy atom. The molecule has 0 aliphatic carbocycles. The van der Waals surface area contributed by atoms with Crippen LogP contribution in [0.4, 0.5) is 0 Å². The Labute approximate surface area is 122 Å². The molecule has 1 atom stereocenters. The minimum absolute atomic E-state index is 0.256. The maximum absolute atomic E-state index is 5.24. The van der Waals surface area contributed by atoms with Crippen molar-refractivity contribution >= 4 is 15.9 Å². The van der Waals surface area contributed by atoms with E-state index in [-0.39, 0.29) is 6.04 Å². The number of methoxy groups -OCH3 is 1. The van der Waals surface area contributed by atoms with Gasteiger partial charge in [0.05, 0.1) is 7.11 Å². The predicted molar refractivity (Wildman–Crippen MR) is 80.2 cm³/mol. The number of hydrogen-bond donors (Lipinski definition) is 1. The molecule has 1 aromatic heterocycles. The molecule has 2 aromatic rings. The number of nitrogens with one attached hydrogen (secondary N) is 1. The van der Waals surface area contributed by atoms with Crippen LogP contribution >= 0.6 is 15.9 Å². The molecule has 4 heteroatoms. The van der Waals surface area contributed by atoms with Gasteiger partial charge in [-0.3, -0.25) is 4.98 Å². The minimum Gasteiger partial charge on any atom is -0.497 e. The third kappa shape index (κ3) is 3.78. The van der Waals surface area contributed by atoms with E-state index in [1.54, 1.807) is 13.3 Å². The molecule has 1 N–H and O–H groups in total. The summed E-state index contributed by atoms with van der Waals surface area (Å²) in [5.74, 6) is 0.869. The van der Waals surface area contributed by atoms with E-state index in [9.17, 15) is 0 Å². The fourth-order valence-corrected chi connectivity index (χ4v) is 2.21. The third-order valence-corrected chi connectivity index (χ3v) is 3.81. The highest BCUT2D eigenvalue weighted by Crippen LogP contribution is 2.23. The molecule has 0 bridgehead atoms. The molecule has 100 valence electrons.